The molecule has 0 amide bonds. The summed E-state index contributed by atoms with van der Waals surface area (Å²) in [7, 11) is 0. The number of benzene rings is 2. The van der Waals surface area contributed by atoms with Crippen LogP contribution in [0.4, 0.5) is 17.3 Å². The molecule has 1 atom stereocenters. The van der Waals surface area contributed by atoms with E-state index in [1.54, 1.807) is 0 Å². The molecule has 2 N–H and O–H groups in total. The van der Waals surface area contributed by atoms with Gasteiger partial charge in [-0.05, 0) is 37.5 Å². The first-order chi connectivity index (χ1) is 13.7. The molecule has 1 fully saturated rings. The molecule has 2 heterocycles. The monoisotopic (exact) mass is 394 g/mol. The van der Waals surface area contributed by atoms with Crippen LogP contribution in [0, 0.1) is 6.92 Å². The molecule has 4 rings (SSSR count). The Labute approximate surface area is 170 Å². The third kappa shape index (κ3) is 4.61. The van der Waals surface area contributed by atoms with E-state index < -0.39 is 0 Å². The Morgan fingerprint density at radius 2 is 1.89 bits per heavy atom. The van der Waals surface area contributed by atoms with Crippen LogP contribution < -0.4 is 10.6 Å². The van der Waals surface area contributed by atoms with Crippen LogP contribution in [-0.4, -0.2) is 29.2 Å². The van der Waals surface area contributed by atoms with Crippen molar-refractivity contribution in [2.75, 3.05) is 23.8 Å². The summed E-state index contributed by atoms with van der Waals surface area (Å²) in [6, 6.07) is 17.7. The highest BCUT2D eigenvalue weighted by atomic mass is 35.5. The Kier molecular flexibility index (Phi) is 5.74. The highest BCUT2D eigenvalue weighted by Crippen LogP contribution is 2.26. The third-order valence-corrected chi connectivity index (χ3v) is 4.99. The minimum atomic E-state index is 0.238. The standard InChI is InChI=1S/C22H23ClN4O/c1-15-9-10-17(23)12-19(15)25-21-13-20(24-14-18-8-5-11-28-18)26-22(27-21)16-6-3-2-4-7-16/h2-4,6-7,9-10,12-13,18H,5,8,11,14H2,1H3,(H2,24,25,26,27). The maximum atomic E-state index is 6.16. The third-order valence-electron chi connectivity index (χ3n) is 4.76. The first-order valence-electron chi connectivity index (χ1n) is 9.50. The molecule has 0 bridgehead atoms. The number of halogens is 1. The molecule has 5 nitrogen and oxygen atoms in total. The van der Waals surface area contributed by atoms with Gasteiger partial charge in [-0.2, -0.15) is 0 Å². The molecule has 1 aliphatic heterocycles. The van der Waals surface area contributed by atoms with Crippen LogP contribution in [0.1, 0.15) is 18.4 Å². The molecule has 1 saturated heterocycles. The summed E-state index contributed by atoms with van der Waals surface area (Å²) >= 11 is 6.16. The van der Waals surface area contributed by atoms with Gasteiger partial charge in [-0.15, -0.1) is 0 Å². The fraction of sp³-hybridized carbons (Fsp3) is 0.273. The van der Waals surface area contributed by atoms with Gasteiger partial charge in [-0.1, -0.05) is 48.0 Å². The van der Waals surface area contributed by atoms with Crippen molar-refractivity contribution < 1.29 is 4.74 Å². The molecule has 144 valence electrons. The molecule has 1 aromatic heterocycles. The van der Waals surface area contributed by atoms with Crippen LogP contribution in [0.5, 0.6) is 0 Å². The lowest BCUT2D eigenvalue weighted by Gasteiger charge is -2.15. The number of aromatic nitrogens is 2. The van der Waals surface area contributed by atoms with Crippen molar-refractivity contribution in [3.63, 3.8) is 0 Å². The number of anilines is 3. The number of aryl methyl sites for hydroxylation is 1. The molecule has 3 aromatic rings. The summed E-state index contributed by atoms with van der Waals surface area (Å²) in [5, 5.41) is 7.47. The van der Waals surface area contributed by atoms with Crippen LogP contribution in [0.3, 0.4) is 0 Å². The summed E-state index contributed by atoms with van der Waals surface area (Å²) in [5.74, 6) is 2.15. The van der Waals surface area contributed by atoms with Gasteiger partial charge in [-0.3, -0.25) is 0 Å². The van der Waals surface area contributed by atoms with Gasteiger partial charge in [-0.25, -0.2) is 9.97 Å². The van der Waals surface area contributed by atoms with E-state index in [1.807, 2.05) is 61.5 Å². The lowest BCUT2D eigenvalue weighted by atomic mass is 10.2. The number of rotatable bonds is 6. The molecule has 0 saturated carbocycles. The molecule has 0 spiro atoms. The first-order valence-corrected chi connectivity index (χ1v) is 9.88. The molecule has 1 unspecified atom stereocenters. The molecular formula is C22H23ClN4O. The predicted molar refractivity (Wildman–Crippen MR) is 114 cm³/mol. The summed E-state index contributed by atoms with van der Waals surface area (Å²) < 4.78 is 5.71. The number of ether oxygens (including phenoxy) is 1. The van der Waals surface area contributed by atoms with Crippen molar-refractivity contribution >= 4 is 28.9 Å². The molecule has 1 aliphatic rings. The summed E-state index contributed by atoms with van der Waals surface area (Å²) in [5.41, 5.74) is 2.99. The van der Waals surface area contributed by atoms with Crippen molar-refractivity contribution in [3.8, 4) is 11.4 Å². The van der Waals surface area contributed by atoms with E-state index in [2.05, 4.69) is 10.6 Å². The molecule has 6 heteroatoms. The van der Waals surface area contributed by atoms with E-state index >= 15 is 0 Å². The van der Waals surface area contributed by atoms with Gasteiger partial charge < -0.3 is 15.4 Å². The zero-order valence-corrected chi connectivity index (χ0v) is 16.5. The largest absolute Gasteiger partial charge is 0.376 e. The fourth-order valence-electron chi connectivity index (χ4n) is 3.21. The molecule has 28 heavy (non-hydrogen) atoms. The second-order valence-electron chi connectivity index (χ2n) is 6.93. The summed E-state index contributed by atoms with van der Waals surface area (Å²) in [6.07, 6.45) is 2.43. The Morgan fingerprint density at radius 1 is 1.07 bits per heavy atom. The van der Waals surface area contributed by atoms with Gasteiger partial charge in [0.1, 0.15) is 11.6 Å². The van der Waals surface area contributed by atoms with Crippen LogP contribution >= 0.6 is 11.6 Å². The normalized spacial score (nSPS) is 16.1. The van der Waals surface area contributed by atoms with Crippen molar-refractivity contribution in [2.45, 2.75) is 25.9 Å². The van der Waals surface area contributed by atoms with Crippen molar-refractivity contribution in [2.24, 2.45) is 0 Å². The van der Waals surface area contributed by atoms with Crippen molar-refractivity contribution in [3.05, 3.63) is 65.2 Å². The highest BCUT2D eigenvalue weighted by molar-refractivity contribution is 6.30. The summed E-state index contributed by atoms with van der Waals surface area (Å²) in [4.78, 5) is 9.42. The van der Waals surface area contributed by atoms with E-state index in [4.69, 9.17) is 26.3 Å². The van der Waals surface area contributed by atoms with Gasteiger partial charge in [0.15, 0.2) is 5.82 Å². The smallest absolute Gasteiger partial charge is 0.163 e. The average molecular weight is 395 g/mol. The van der Waals surface area contributed by atoms with E-state index in [0.29, 0.717) is 16.7 Å². The van der Waals surface area contributed by atoms with Gasteiger partial charge in [0.2, 0.25) is 0 Å². The Morgan fingerprint density at radius 3 is 2.68 bits per heavy atom. The molecule has 2 aromatic carbocycles. The highest BCUT2D eigenvalue weighted by Gasteiger charge is 2.16. The van der Waals surface area contributed by atoms with Crippen LogP contribution in [-0.2, 0) is 4.74 Å². The second kappa shape index (κ2) is 8.59. The van der Waals surface area contributed by atoms with E-state index in [-0.39, 0.29) is 6.10 Å². The van der Waals surface area contributed by atoms with Gasteiger partial charge in [0.25, 0.3) is 0 Å². The van der Waals surface area contributed by atoms with Crippen molar-refractivity contribution in [1.82, 2.24) is 9.97 Å². The number of hydrogen-bond donors (Lipinski definition) is 2. The zero-order valence-electron chi connectivity index (χ0n) is 15.8. The molecular weight excluding hydrogens is 372 g/mol. The SMILES string of the molecule is Cc1ccc(Cl)cc1Nc1cc(NCC2CCCO2)nc(-c2ccccc2)n1. The maximum Gasteiger partial charge on any atom is 0.163 e. The van der Waals surface area contributed by atoms with Crippen LogP contribution in [0.2, 0.25) is 5.02 Å². The molecule has 0 radical (unpaired) electrons. The lowest BCUT2D eigenvalue weighted by molar-refractivity contribution is 0.120. The first kappa shape index (κ1) is 18.7. The topological polar surface area (TPSA) is 59.1 Å². The van der Waals surface area contributed by atoms with Crippen molar-refractivity contribution in [1.29, 1.82) is 0 Å². The minimum absolute atomic E-state index is 0.238. The predicted octanol–water partition coefficient (Wildman–Crippen LogP) is 5.44. The summed E-state index contributed by atoms with van der Waals surface area (Å²) in [6.45, 7) is 3.61. The van der Waals surface area contributed by atoms with Gasteiger partial charge in [0, 0.05) is 35.5 Å². The van der Waals surface area contributed by atoms with Crippen LogP contribution in [0.15, 0.2) is 54.6 Å². The minimum Gasteiger partial charge on any atom is -0.376 e. The zero-order chi connectivity index (χ0) is 19.3. The number of nitrogens with one attached hydrogen (secondary N) is 2. The lowest BCUT2D eigenvalue weighted by Crippen LogP contribution is -2.19. The molecule has 0 aliphatic carbocycles. The van der Waals surface area contributed by atoms with Gasteiger partial charge in [0.05, 0.1) is 6.10 Å². The van der Waals surface area contributed by atoms with E-state index in [1.165, 1.54) is 0 Å². The van der Waals surface area contributed by atoms with E-state index in [0.717, 1.165) is 48.6 Å². The average Bonchev–Trinajstić information content (AvgIpc) is 3.23. The van der Waals surface area contributed by atoms with Crippen LogP contribution in [0.25, 0.3) is 11.4 Å². The number of nitrogens with zero attached hydrogens (tertiary/aromatic N) is 2. The maximum absolute atomic E-state index is 6.16. The quantitative estimate of drug-likeness (QED) is 0.583. The Bertz CT molecular complexity index is 943. The van der Waals surface area contributed by atoms with Gasteiger partial charge >= 0.3 is 0 Å². The number of hydrogen-bond acceptors (Lipinski definition) is 5. The van der Waals surface area contributed by atoms with E-state index in [9.17, 15) is 0 Å². The second-order valence-corrected chi connectivity index (χ2v) is 7.36. The Hall–Kier alpha value is -2.63. The Balaban J connectivity index is 1.63. The fourth-order valence-corrected chi connectivity index (χ4v) is 3.38.